The van der Waals surface area contributed by atoms with Crippen molar-refractivity contribution in [3.63, 3.8) is 0 Å². The minimum absolute atomic E-state index is 0.359. The van der Waals surface area contributed by atoms with Crippen molar-refractivity contribution in [2.45, 2.75) is 13.3 Å². The average Bonchev–Trinajstić information content (AvgIpc) is 2.03. The molecular formula is C8H13NO2. The Labute approximate surface area is 67.0 Å². The lowest BCUT2D eigenvalue weighted by atomic mass is 10.5. The number of hydrogen-bond donors (Lipinski definition) is 0. The first-order chi connectivity index (χ1) is 5.35. The van der Waals surface area contributed by atoms with Crippen molar-refractivity contribution in [2.24, 2.45) is 4.99 Å². The van der Waals surface area contributed by atoms with Crippen LogP contribution in [0.2, 0.25) is 0 Å². The van der Waals surface area contributed by atoms with Crippen LogP contribution in [0, 0.1) is 0 Å². The zero-order chi connectivity index (χ0) is 8.53. The second-order valence-electron chi connectivity index (χ2n) is 1.71. The van der Waals surface area contributed by atoms with E-state index in [1.165, 1.54) is 13.2 Å². The Morgan fingerprint density at radius 2 is 2.36 bits per heavy atom. The van der Waals surface area contributed by atoms with Crippen LogP contribution in [0.4, 0.5) is 0 Å². The Kier molecular flexibility index (Phi) is 6.33. The SMILES string of the molecule is C=CC(=N/C=C\CC)OOC. The Bertz CT molecular complexity index is 161. The largest absolute Gasteiger partial charge is 0.317 e. The van der Waals surface area contributed by atoms with Gasteiger partial charge in [-0.3, -0.25) is 0 Å². The summed E-state index contributed by atoms with van der Waals surface area (Å²) in [6.45, 7) is 5.51. The summed E-state index contributed by atoms with van der Waals surface area (Å²) in [4.78, 5) is 12.9. The maximum Gasteiger partial charge on any atom is 0.255 e. The zero-order valence-electron chi connectivity index (χ0n) is 6.91. The third-order valence-corrected chi connectivity index (χ3v) is 0.886. The van der Waals surface area contributed by atoms with Gasteiger partial charge in [-0.2, -0.15) is 4.89 Å². The van der Waals surface area contributed by atoms with Gasteiger partial charge in [-0.1, -0.05) is 19.6 Å². The van der Waals surface area contributed by atoms with Gasteiger partial charge in [0.25, 0.3) is 5.90 Å². The number of aliphatic imine (C=N–C) groups is 1. The second kappa shape index (κ2) is 7.02. The molecule has 0 unspecified atom stereocenters. The van der Waals surface area contributed by atoms with Crippen molar-refractivity contribution in [1.29, 1.82) is 0 Å². The molecule has 0 radical (unpaired) electrons. The first-order valence-corrected chi connectivity index (χ1v) is 3.41. The van der Waals surface area contributed by atoms with Gasteiger partial charge in [0.2, 0.25) is 0 Å². The minimum atomic E-state index is 0.359. The van der Waals surface area contributed by atoms with Gasteiger partial charge >= 0.3 is 0 Å². The second-order valence-corrected chi connectivity index (χ2v) is 1.71. The van der Waals surface area contributed by atoms with E-state index in [-0.39, 0.29) is 0 Å². The van der Waals surface area contributed by atoms with Crippen LogP contribution < -0.4 is 0 Å². The molecule has 0 N–H and O–H groups in total. The van der Waals surface area contributed by atoms with Gasteiger partial charge < -0.3 is 4.89 Å². The van der Waals surface area contributed by atoms with Gasteiger partial charge in [-0.25, -0.2) is 4.99 Å². The highest BCUT2D eigenvalue weighted by atomic mass is 17.2. The van der Waals surface area contributed by atoms with Crippen molar-refractivity contribution in [2.75, 3.05) is 7.11 Å². The first kappa shape index (κ1) is 9.91. The van der Waals surface area contributed by atoms with E-state index in [1.54, 1.807) is 6.20 Å². The molecule has 62 valence electrons. The normalized spacial score (nSPS) is 12.0. The van der Waals surface area contributed by atoms with Crippen LogP contribution in [0.15, 0.2) is 29.9 Å². The third kappa shape index (κ3) is 5.36. The lowest BCUT2D eigenvalue weighted by Crippen LogP contribution is -1.98. The summed E-state index contributed by atoms with van der Waals surface area (Å²) < 4.78 is 0. The Balaban J connectivity index is 3.89. The van der Waals surface area contributed by atoms with Gasteiger partial charge in [0.15, 0.2) is 0 Å². The number of allylic oxidation sites excluding steroid dienone is 1. The van der Waals surface area contributed by atoms with Crippen LogP contribution >= 0.6 is 0 Å². The van der Waals surface area contributed by atoms with Gasteiger partial charge in [0.05, 0.1) is 7.11 Å². The molecule has 0 saturated heterocycles. The Hall–Kier alpha value is -1.09. The molecule has 0 aromatic rings. The third-order valence-electron chi connectivity index (χ3n) is 0.886. The maximum atomic E-state index is 4.62. The lowest BCUT2D eigenvalue weighted by molar-refractivity contribution is -0.193. The monoisotopic (exact) mass is 155 g/mol. The molecule has 0 aliphatic carbocycles. The van der Waals surface area contributed by atoms with Gasteiger partial charge in [-0.05, 0) is 12.5 Å². The molecule has 0 aliphatic heterocycles. The van der Waals surface area contributed by atoms with Crippen molar-refractivity contribution < 1.29 is 9.78 Å². The molecule has 0 amide bonds. The summed E-state index contributed by atoms with van der Waals surface area (Å²) >= 11 is 0. The summed E-state index contributed by atoms with van der Waals surface area (Å²) in [5, 5.41) is 0. The molecule has 0 bridgehead atoms. The minimum Gasteiger partial charge on any atom is -0.317 e. The molecule has 0 atom stereocenters. The molecule has 3 heteroatoms. The Morgan fingerprint density at radius 3 is 2.82 bits per heavy atom. The Morgan fingerprint density at radius 1 is 1.64 bits per heavy atom. The van der Waals surface area contributed by atoms with E-state index in [9.17, 15) is 0 Å². The molecule has 0 spiro atoms. The zero-order valence-corrected chi connectivity index (χ0v) is 6.91. The average molecular weight is 155 g/mol. The lowest BCUT2D eigenvalue weighted by Gasteiger charge is -1.96. The fourth-order valence-electron chi connectivity index (χ4n) is 0.425. The van der Waals surface area contributed by atoms with E-state index in [0.717, 1.165) is 6.42 Å². The van der Waals surface area contributed by atoms with Crippen LogP contribution in [0.1, 0.15) is 13.3 Å². The van der Waals surface area contributed by atoms with Gasteiger partial charge in [0.1, 0.15) is 0 Å². The fourth-order valence-corrected chi connectivity index (χ4v) is 0.425. The summed E-state index contributed by atoms with van der Waals surface area (Å²) in [5.41, 5.74) is 0. The van der Waals surface area contributed by atoms with Crippen molar-refractivity contribution in [1.82, 2.24) is 0 Å². The van der Waals surface area contributed by atoms with E-state index in [2.05, 4.69) is 21.3 Å². The van der Waals surface area contributed by atoms with Crippen LogP contribution in [0.3, 0.4) is 0 Å². The fraction of sp³-hybridized carbons (Fsp3) is 0.375. The summed E-state index contributed by atoms with van der Waals surface area (Å²) in [5.74, 6) is 0.359. The van der Waals surface area contributed by atoms with E-state index < -0.39 is 0 Å². The molecule has 0 rings (SSSR count). The van der Waals surface area contributed by atoms with Crippen LogP contribution in [-0.4, -0.2) is 13.0 Å². The maximum absolute atomic E-state index is 4.62. The predicted octanol–water partition coefficient (Wildman–Crippen LogP) is 2.07. The van der Waals surface area contributed by atoms with E-state index in [4.69, 9.17) is 0 Å². The highest BCUT2D eigenvalue weighted by Gasteiger charge is 1.88. The highest BCUT2D eigenvalue weighted by Crippen LogP contribution is 1.87. The summed E-state index contributed by atoms with van der Waals surface area (Å²) in [6.07, 6.45) is 5.98. The molecule has 0 saturated carbocycles. The summed E-state index contributed by atoms with van der Waals surface area (Å²) in [7, 11) is 1.42. The molecule has 11 heavy (non-hydrogen) atoms. The molecule has 0 heterocycles. The molecular weight excluding hydrogens is 142 g/mol. The van der Waals surface area contributed by atoms with Crippen molar-refractivity contribution >= 4 is 5.90 Å². The summed E-state index contributed by atoms with van der Waals surface area (Å²) in [6, 6.07) is 0. The van der Waals surface area contributed by atoms with E-state index >= 15 is 0 Å². The van der Waals surface area contributed by atoms with Crippen LogP contribution in [0.25, 0.3) is 0 Å². The number of rotatable bonds is 4. The van der Waals surface area contributed by atoms with E-state index in [1.807, 2.05) is 13.0 Å². The molecule has 0 aromatic heterocycles. The van der Waals surface area contributed by atoms with Crippen LogP contribution in [0.5, 0.6) is 0 Å². The standard InChI is InChI=1S/C8H13NO2/c1-4-6-7-9-8(5-2)11-10-3/h5-7H,2,4H2,1,3H3/b7-6-,9-8?. The first-order valence-electron chi connectivity index (χ1n) is 3.41. The van der Waals surface area contributed by atoms with Gasteiger partial charge in [-0.15, -0.1) is 0 Å². The van der Waals surface area contributed by atoms with Crippen LogP contribution in [-0.2, 0) is 9.78 Å². The van der Waals surface area contributed by atoms with Crippen molar-refractivity contribution in [3.05, 3.63) is 24.9 Å². The molecule has 0 fully saturated rings. The number of hydrogen-bond acceptors (Lipinski definition) is 3. The van der Waals surface area contributed by atoms with E-state index in [0.29, 0.717) is 5.90 Å². The predicted molar refractivity (Wildman–Crippen MR) is 45.2 cm³/mol. The molecule has 0 aromatic carbocycles. The quantitative estimate of drug-likeness (QED) is 0.269. The van der Waals surface area contributed by atoms with Crippen molar-refractivity contribution in [3.8, 4) is 0 Å². The molecule has 0 aliphatic rings. The van der Waals surface area contributed by atoms with Gasteiger partial charge in [0, 0.05) is 6.20 Å². The highest BCUT2D eigenvalue weighted by molar-refractivity contribution is 5.86. The number of nitrogens with zero attached hydrogens (tertiary/aromatic N) is 1. The topological polar surface area (TPSA) is 30.8 Å². The molecule has 3 nitrogen and oxygen atoms in total. The smallest absolute Gasteiger partial charge is 0.255 e.